The molecule has 3 rings (SSSR count). The Morgan fingerprint density at radius 1 is 1.25 bits per heavy atom. The third-order valence-electron chi connectivity index (χ3n) is 5.12. The van der Waals surface area contributed by atoms with Crippen molar-refractivity contribution in [1.82, 2.24) is 10.2 Å². The van der Waals surface area contributed by atoms with Gasteiger partial charge in [-0.05, 0) is 50.7 Å². The van der Waals surface area contributed by atoms with Gasteiger partial charge in [0, 0.05) is 23.0 Å². The normalized spacial score (nSPS) is 24.9. The summed E-state index contributed by atoms with van der Waals surface area (Å²) in [6, 6.07) is 9.45. The zero-order chi connectivity index (χ0) is 14.0. The van der Waals surface area contributed by atoms with Crippen LogP contribution in [0.4, 0.5) is 0 Å². The lowest BCUT2D eigenvalue weighted by Crippen LogP contribution is -2.50. The maximum absolute atomic E-state index is 3.89. The third kappa shape index (κ3) is 2.76. The first kappa shape index (κ1) is 14.4. The van der Waals surface area contributed by atoms with E-state index in [0.717, 1.165) is 6.54 Å². The van der Waals surface area contributed by atoms with Gasteiger partial charge >= 0.3 is 0 Å². The van der Waals surface area contributed by atoms with Crippen LogP contribution in [-0.4, -0.2) is 36.8 Å². The van der Waals surface area contributed by atoms with Crippen molar-refractivity contribution in [3.8, 4) is 0 Å². The Labute approximate surface area is 127 Å². The highest BCUT2D eigenvalue weighted by atomic mass is 32.2. The van der Waals surface area contributed by atoms with Gasteiger partial charge in [0.1, 0.15) is 0 Å². The van der Waals surface area contributed by atoms with Gasteiger partial charge in [-0.15, -0.1) is 11.8 Å². The molecule has 1 fully saturated rings. The van der Waals surface area contributed by atoms with E-state index < -0.39 is 0 Å². The minimum atomic E-state index is 0.388. The topological polar surface area (TPSA) is 15.3 Å². The predicted octanol–water partition coefficient (Wildman–Crippen LogP) is 3.69. The van der Waals surface area contributed by atoms with Crippen molar-refractivity contribution >= 4 is 11.8 Å². The van der Waals surface area contributed by atoms with Crippen LogP contribution in [0.3, 0.4) is 0 Å². The molecule has 0 aromatic heterocycles. The maximum Gasteiger partial charge on any atom is 0.0340 e. The van der Waals surface area contributed by atoms with Crippen molar-refractivity contribution in [2.45, 2.75) is 48.6 Å². The minimum Gasteiger partial charge on any atom is -0.308 e. The minimum absolute atomic E-state index is 0.388. The molecule has 1 aliphatic heterocycles. The Morgan fingerprint density at radius 3 is 2.75 bits per heavy atom. The Hall–Kier alpha value is -0.510. The Morgan fingerprint density at radius 2 is 2.00 bits per heavy atom. The molecule has 1 aliphatic carbocycles. The molecule has 20 heavy (non-hydrogen) atoms. The van der Waals surface area contributed by atoms with Crippen LogP contribution in [0.25, 0.3) is 0 Å². The second kappa shape index (κ2) is 6.08. The number of benzene rings is 1. The molecular formula is C17H26N2S. The molecule has 1 aromatic carbocycles. The van der Waals surface area contributed by atoms with Gasteiger partial charge in [-0.2, -0.15) is 0 Å². The molecule has 1 N–H and O–H groups in total. The lowest BCUT2D eigenvalue weighted by atomic mass is 9.94. The number of likely N-dealkylation sites (N-methyl/N-ethyl adjacent to an activating group) is 1. The standard InChI is InChI=1S/C17H26N2S/c1-19(2)17(10-5-6-11-17)13-18-15-9-12-20-16-8-4-3-7-14(15)16/h3-4,7-8,15,18H,5-6,9-13H2,1-2H3. The van der Waals surface area contributed by atoms with E-state index in [-0.39, 0.29) is 0 Å². The summed E-state index contributed by atoms with van der Waals surface area (Å²) in [5.74, 6) is 1.24. The van der Waals surface area contributed by atoms with E-state index in [4.69, 9.17) is 0 Å². The molecule has 2 aliphatic rings. The van der Waals surface area contributed by atoms with Gasteiger partial charge in [0.2, 0.25) is 0 Å². The number of hydrogen-bond acceptors (Lipinski definition) is 3. The highest BCUT2D eigenvalue weighted by Gasteiger charge is 2.36. The van der Waals surface area contributed by atoms with E-state index >= 15 is 0 Å². The van der Waals surface area contributed by atoms with Gasteiger partial charge in [-0.1, -0.05) is 31.0 Å². The van der Waals surface area contributed by atoms with Crippen molar-refractivity contribution in [1.29, 1.82) is 0 Å². The van der Waals surface area contributed by atoms with Crippen LogP contribution in [-0.2, 0) is 0 Å². The predicted molar refractivity (Wildman–Crippen MR) is 87.4 cm³/mol. The first-order valence-corrected chi connectivity index (χ1v) is 8.82. The second-order valence-electron chi connectivity index (χ2n) is 6.43. The Bertz CT molecular complexity index is 452. The van der Waals surface area contributed by atoms with Crippen LogP contribution in [0, 0.1) is 0 Å². The summed E-state index contributed by atoms with van der Waals surface area (Å²) in [6.45, 7) is 1.13. The number of fused-ring (bicyclic) bond motifs is 1. The van der Waals surface area contributed by atoms with Gasteiger partial charge in [0.25, 0.3) is 0 Å². The van der Waals surface area contributed by atoms with E-state index in [1.807, 2.05) is 11.8 Å². The summed E-state index contributed by atoms with van der Waals surface area (Å²) in [5, 5.41) is 3.89. The number of nitrogens with zero attached hydrogens (tertiary/aromatic N) is 1. The lowest BCUT2D eigenvalue weighted by Gasteiger charge is -2.38. The molecule has 1 unspecified atom stereocenters. The zero-order valence-corrected chi connectivity index (χ0v) is 13.5. The highest BCUT2D eigenvalue weighted by Crippen LogP contribution is 2.38. The molecule has 1 aromatic rings. The molecule has 1 saturated carbocycles. The Balaban J connectivity index is 1.70. The largest absolute Gasteiger partial charge is 0.308 e. The van der Waals surface area contributed by atoms with Crippen molar-refractivity contribution < 1.29 is 0 Å². The first-order chi connectivity index (χ1) is 9.71. The number of hydrogen-bond donors (Lipinski definition) is 1. The first-order valence-electron chi connectivity index (χ1n) is 7.84. The van der Waals surface area contributed by atoms with Crippen molar-refractivity contribution in [3.05, 3.63) is 29.8 Å². The summed E-state index contributed by atoms with van der Waals surface area (Å²) in [4.78, 5) is 3.93. The fourth-order valence-electron chi connectivity index (χ4n) is 3.68. The molecule has 2 nitrogen and oxygen atoms in total. The van der Waals surface area contributed by atoms with E-state index in [9.17, 15) is 0 Å². The molecule has 0 bridgehead atoms. The fourth-order valence-corrected chi connectivity index (χ4v) is 4.81. The van der Waals surface area contributed by atoms with Gasteiger partial charge in [0.15, 0.2) is 0 Å². The molecular weight excluding hydrogens is 264 g/mol. The summed E-state index contributed by atoms with van der Waals surface area (Å²) < 4.78 is 0. The molecule has 3 heteroatoms. The molecule has 110 valence electrons. The van der Waals surface area contributed by atoms with Crippen molar-refractivity contribution in [2.75, 3.05) is 26.4 Å². The van der Waals surface area contributed by atoms with E-state index in [1.54, 1.807) is 0 Å². The van der Waals surface area contributed by atoms with E-state index in [1.165, 1.54) is 48.3 Å². The van der Waals surface area contributed by atoms with Gasteiger partial charge in [-0.25, -0.2) is 0 Å². The molecule has 0 amide bonds. The van der Waals surface area contributed by atoms with Gasteiger partial charge < -0.3 is 10.2 Å². The van der Waals surface area contributed by atoms with Crippen molar-refractivity contribution in [2.24, 2.45) is 0 Å². The zero-order valence-electron chi connectivity index (χ0n) is 12.7. The average Bonchev–Trinajstić information content (AvgIpc) is 2.95. The van der Waals surface area contributed by atoms with Crippen LogP contribution >= 0.6 is 11.8 Å². The fraction of sp³-hybridized carbons (Fsp3) is 0.647. The average molecular weight is 290 g/mol. The van der Waals surface area contributed by atoms with Crippen LogP contribution < -0.4 is 5.32 Å². The van der Waals surface area contributed by atoms with Gasteiger partial charge in [0.05, 0.1) is 0 Å². The molecule has 0 saturated heterocycles. The summed E-state index contributed by atoms with van der Waals surface area (Å²) in [7, 11) is 4.50. The second-order valence-corrected chi connectivity index (χ2v) is 7.57. The van der Waals surface area contributed by atoms with Crippen molar-refractivity contribution in [3.63, 3.8) is 0 Å². The number of rotatable bonds is 4. The Kier molecular flexibility index (Phi) is 4.39. The molecule has 1 atom stereocenters. The SMILES string of the molecule is CN(C)C1(CNC2CCSc3ccccc32)CCCC1. The van der Waals surface area contributed by atoms with E-state index in [0.29, 0.717) is 11.6 Å². The summed E-state index contributed by atoms with van der Waals surface area (Å²) >= 11 is 2.01. The summed E-state index contributed by atoms with van der Waals surface area (Å²) in [6.07, 6.45) is 6.71. The van der Waals surface area contributed by atoms with Crippen LogP contribution in [0.2, 0.25) is 0 Å². The number of thioether (sulfide) groups is 1. The number of nitrogens with one attached hydrogen (secondary N) is 1. The van der Waals surface area contributed by atoms with Crippen LogP contribution in [0.5, 0.6) is 0 Å². The summed E-state index contributed by atoms with van der Waals surface area (Å²) in [5.41, 5.74) is 1.90. The monoisotopic (exact) mass is 290 g/mol. The molecule has 1 heterocycles. The smallest absolute Gasteiger partial charge is 0.0340 e. The molecule has 0 spiro atoms. The van der Waals surface area contributed by atoms with Crippen LogP contribution in [0.15, 0.2) is 29.2 Å². The lowest BCUT2D eigenvalue weighted by molar-refractivity contribution is 0.148. The maximum atomic E-state index is 3.89. The van der Waals surface area contributed by atoms with Gasteiger partial charge in [-0.3, -0.25) is 0 Å². The third-order valence-corrected chi connectivity index (χ3v) is 6.24. The highest BCUT2D eigenvalue weighted by molar-refractivity contribution is 7.99. The molecule has 0 radical (unpaired) electrons. The van der Waals surface area contributed by atoms with Crippen LogP contribution in [0.1, 0.15) is 43.7 Å². The van der Waals surface area contributed by atoms with E-state index in [2.05, 4.69) is 48.6 Å². The quantitative estimate of drug-likeness (QED) is 0.910.